The third kappa shape index (κ3) is 25.0. The van der Waals surface area contributed by atoms with Crippen molar-refractivity contribution in [2.75, 3.05) is 26.3 Å². The molecule has 40 heavy (non-hydrogen) atoms. The molecule has 0 spiro atoms. The Labute approximate surface area is 277 Å². The van der Waals surface area contributed by atoms with Crippen LogP contribution < -0.4 is 19.7 Å². The summed E-state index contributed by atoms with van der Waals surface area (Å²) in [6, 6.07) is 10.2. The Bertz CT molecular complexity index is 971. The van der Waals surface area contributed by atoms with Gasteiger partial charge >= 0.3 is 65.9 Å². The Morgan fingerprint density at radius 1 is 0.675 bits per heavy atom. The molecule has 0 unspecified atom stereocenters. The van der Waals surface area contributed by atoms with Crippen LogP contribution in [-0.2, 0) is 16.5 Å². The minimum atomic E-state index is -1.75. The topological polar surface area (TPSA) is 288 Å². The van der Waals surface area contributed by atoms with E-state index in [1.807, 2.05) is 13.8 Å². The maximum Gasteiger partial charge on any atom is 3.00 e. The molecule has 18 nitrogen and oxygen atoms in total. The molecule has 0 aliphatic rings. The van der Waals surface area contributed by atoms with E-state index in [2.05, 4.69) is 9.98 Å². The molecule has 0 fully saturated rings. The molecule has 0 N–H and O–H groups in total. The molecule has 20 heteroatoms. The Morgan fingerprint density at radius 2 is 0.950 bits per heavy atom. The first-order chi connectivity index (χ1) is 17.9. The largest absolute Gasteiger partial charge is 3.00 e. The zero-order valence-corrected chi connectivity index (χ0v) is 24.1. The zero-order valence-electron chi connectivity index (χ0n) is 20.7. The molecule has 0 heterocycles. The standard InChI is InChI=1S/C20H24N2O4.Eu.3NO3.Ni/c1-3-25-17-9-5-7-15(19(17)23)13-21-11-12-22-14-16-8-6-10-18(20(16)24)26-4-2;;3*2-1(3)4;/h5-10,13-14,23-24H,3-4,11-12H2,1-2H3;;;;;/q;+3;3*-1;+2/p-2. The molecule has 0 saturated carbocycles. The van der Waals surface area contributed by atoms with Crippen LogP contribution in [0.25, 0.3) is 0 Å². The fourth-order valence-corrected chi connectivity index (χ4v) is 2.25. The Kier molecular flexibility index (Phi) is 29.8. The van der Waals surface area contributed by atoms with Crippen LogP contribution in [-0.4, -0.2) is 54.0 Å². The van der Waals surface area contributed by atoms with E-state index in [1.54, 1.807) is 36.4 Å². The molecule has 2 aromatic rings. The normalized spacial score (nSPS) is 9.15. The molecule has 0 radical (unpaired) electrons. The fraction of sp³-hybridized carbons (Fsp3) is 0.300. The van der Waals surface area contributed by atoms with E-state index in [1.165, 1.54) is 12.4 Å². The van der Waals surface area contributed by atoms with Gasteiger partial charge in [0.2, 0.25) is 0 Å². The van der Waals surface area contributed by atoms with Gasteiger partial charge < -0.3 is 65.7 Å². The van der Waals surface area contributed by atoms with Crippen molar-refractivity contribution in [3.8, 4) is 23.0 Å². The van der Waals surface area contributed by atoms with Gasteiger partial charge in [0, 0.05) is 12.4 Å². The summed E-state index contributed by atoms with van der Waals surface area (Å²) in [7, 11) is 0. The Morgan fingerprint density at radius 3 is 1.20 bits per heavy atom. The third-order valence-electron chi connectivity index (χ3n) is 3.44. The van der Waals surface area contributed by atoms with Crippen molar-refractivity contribution in [2.45, 2.75) is 13.8 Å². The van der Waals surface area contributed by atoms with Crippen LogP contribution in [0.1, 0.15) is 25.0 Å². The van der Waals surface area contributed by atoms with Crippen molar-refractivity contribution in [2.24, 2.45) is 9.98 Å². The number of hydrogen-bond donors (Lipinski definition) is 0. The second kappa shape index (κ2) is 27.2. The average molecular weight is 751 g/mol. The number of rotatable bonds is 9. The van der Waals surface area contributed by atoms with Gasteiger partial charge in [-0.1, -0.05) is 35.8 Å². The summed E-state index contributed by atoms with van der Waals surface area (Å²) in [6.45, 7) is 5.36. The van der Waals surface area contributed by atoms with E-state index in [-0.39, 0.29) is 77.4 Å². The number of para-hydroxylation sites is 2. The molecule has 2 aromatic carbocycles. The van der Waals surface area contributed by atoms with Crippen LogP contribution in [0.5, 0.6) is 23.0 Å². The minimum absolute atomic E-state index is 0. The van der Waals surface area contributed by atoms with E-state index >= 15 is 0 Å². The van der Waals surface area contributed by atoms with Crippen LogP contribution in [0, 0.1) is 95.3 Å². The Balaban J connectivity index is -0.000000392. The summed E-state index contributed by atoms with van der Waals surface area (Å²) >= 11 is 0. The summed E-state index contributed by atoms with van der Waals surface area (Å²) in [5, 5.41) is 68.4. The Hall–Kier alpha value is -3.34. The van der Waals surface area contributed by atoms with Crippen LogP contribution in [0.3, 0.4) is 0 Å². The molecule has 222 valence electrons. The summed E-state index contributed by atoms with van der Waals surface area (Å²) in [4.78, 5) is 33.2. The number of benzene rings is 2. The van der Waals surface area contributed by atoms with Crippen molar-refractivity contribution >= 4 is 12.4 Å². The van der Waals surface area contributed by atoms with Crippen molar-refractivity contribution in [1.29, 1.82) is 0 Å². The summed E-state index contributed by atoms with van der Waals surface area (Å²) in [5.41, 5.74) is 0.956. The fourth-order valence-electron chi connectivity index (χ4n) is 2.25. The number of ether oxygens (including phenoxy) is 2. The number of hydrogen-bond acceptors (Lipinski definition) is 15. The predicted octanol–water partition coefficient (Wildman–Crippen LogP) is 1.45. The molecular formula is C20H22EuN5NiO13. The summed E-state index contributed by atoms with van der Waals surface area (Å²) in [6.07, 6.45) is 3.05. The van der Waals surface area contributed by atoms with Crippen LogP contribution in [0.2, 0.25) is 0 Å². The number of aliphatic imine (C=N–C) groups is 2. The van der Waals surface area contributed by atoms with Gasteiger partial charge in [-0.2, -0.15) is 0 Å². The molecule has 2 rings (SSSR count). The van der Waals surface area contributed by atoms with Gasteiger partial charge in [0.15, 0.2) is 0 Å². The quantitative estimate of drug-likeness (QED) is 0.115. The van der Waals surface area contributed by atoms with Gasteiger partial charge in [-0.25, -0.2) is 0 Å². The first kappa shape index (κ1) is 43.7. The van der Waals surface area contributed by atoms with Crippen LogP contribution in [0.15, 0.2) is 46.4 Å². The molecular weight excluding hydrogens is 729 g/mol. The van der Waals surface area contributed by atoms with E-state index in [0.29, 0.717) is 48.9 Å². The SMILES string of the molecule is CCOc1cccc(C=NCCN=Cc2cccc(OCC)c2[O-])c1[O-].O=[N+]([O-])[O-].O=[N+]([O-])[O-].O=[N+]([O-])[O-].[Eu+3].[Ni+2]. The molecule has 0 amide bonds. The monoisotopic (exact) mass is 751 g/mol. The average Bonchev–Trinajstić information content (AvgIpc) is 2.80. The van der Waals surface area contributed by atoms with E-state index < -0.39 is 15.3 Å². The number of nitrogens with zero attached hydrogens (tertiary/aromatic N) is 5. The summed E-state index contributed by atoms with van der Waals surface area (Å²) < 4.78 is 10.5. The van der Waals surface area contributed by atoms with Crippen molar-refractivity contribution in [3.05, 3.63) is 93.5 Å². The third-order valence-corrected chi connectivity index (χ3v) is 3.44. The molecule has 0 aliphatic carbocycles. The van der Waals surface area contributed by atoms with Gasteiger partial charge in [-0.3, -0.25) is 9.98 Å². The van der Waals surface area contributed by atoms with Gasteiger partial charge in [0.05, 0.1) is 41.6 Å². The zero-order chi connectivity index (χ0) is 29.5. The maximum atomic E-state index is 12.1. The molecule has 0 saturated heterocycles. The smallest absolute Gasteiger partial charge is 0.870 e. The maximum absolute atomic E-state index is 12.1. The van der Waals surface area contributed by atoms with Crippen molar-refractivity contribution in [3.63, 3.8) is 0 Å². The molecule has 0 aromatic heterocycles. The van der Waals surface area contributed by atoms with Gasteiger partial charge in [-0.15, -0.1) is 0 Å². The predicted molar refractivity (Wildman–Crippen MR) is 130 cm³/mol. The minimum Gasteiger partial charge on any atom is -0.870 e. The first-order valence-corrected chi connectivity index (χ1v) is 10.2. The van der Waals surface area contributed by atoms with Gasteiger partial charge in [-0.05, 0) is 37.1 Å². The first-order valence-electron chi connectivity index (χ1n) is 10.2. The van der Waals surface area contributed by atoms with E-state index in [9.17, 15) is 10.2 Å². The van der Waals surface area contributed by atoms with E-state index in [0.717, 1.165) is 0 Å². The van der Waals surface area contributed by atoms with Crippen LogP contribution >= 0.6 is 0 Å². The second-order valence-corrected chi connectivity index (χ2v) is 5.96. The van der Waals surface area contributed by atoms with E-state index in [4.69, 9.17) is 55.4 Å². The van der Waals surface area contributed by atoms with Gasteiger partial charge in [0.25, 0.3) is 0 Å². The van der Waals surface area contributed by atoms with Gasteiger partial charge in [0.1, 0.15) is 11.5 Å². The second-order valence-electron chi connectivity index (χ2n) is 5.96. The van der Waals surface area contributed by atoms with Crippen LogP contribution in [0.4, 0.5) is 0 Å². The summed E-state index contributed by atoms with van der Waals surface area (Å²) in [5.74, 6) is 0.300. The molecule has 0 aliphatic heterocycles. The van der Waals surface area contributed by atoms with Crippen molar-refractivity contribution in [1.82, 2.24) is 0 Å². The molecule has 0 bridgehead atoms. The molecule has 0 atom stereocenters. The van der Waals surface area contributed by atoms with Crippen molar-refractivity contribution < 1.29 is 101 Å².